The number of hydrogen-bond acceptors (Lipinski definition) is 4. The van der Waals surface area contributed by atoms with Gasteiger partial charge in [-0.25, -0.2) is 4.21 Å². The second-order valence-electron chi connectivity index (χ2n) is 5.95. The van der Waals surface area contributed by atoms with Gasteiger partial charge in [0.25, 0.3) is 10.1 Å². The molecule has 5 nitrogen and oxygen atoms in total. The molecule has 0 spiro atoms. The Hall–Kier alpha value is -2.48. The van der Waals surface area contributed by atoms with Crippen molar-refractivity contribution in [1.29, 1.82) is 0 Å². The molecule has 0 aromatic heterocycles. The predicted molar refractivity (Wildman–Crippen MR) is 104 cm³/mol. The zero-order valence-electron chi connectivity index (χ0n) is 14.7. The molecule has 1 unspecified atom stereocenters. The van der Waals surface area contributed by atoms with E-state index < -0.39 is 20.9 Å². The number of aryl methyl sites for hydroxylation is 1. The molecular weight excluding hydrogens is 384 g/mol. The van der Waals surface area contributed by atoms with E-state index >= 15 is 0 Å². The van der Waals surface area contributed by atoms with E-state index in [0.717, 1.165) is 11.1 Å². The molecule has 7 heteroatoms. The Morgan fingerprint density at radius 3 is 1.89 bits per heavy atom. The topological polar surface area (TPSA) is 80.7 Å². The van der Waals surface area contributed by atoms with Crippen molar-refractivity contribution in [3.63, 3.8) is 0 Å². The monoisotopic (exact) mass is 402 g/mol. The van der Waals surface area contributed by atoms with Crippen LogP contribution < -0.4 is 4.74 Å². The lowest BCUT2D eigenvalue weighted by Gasteiger charge is -2.09. The van der Waals surface area contributed by atoms with Crippen LogP contribution >= 0.6 is 0 Å². The summed E-state index contributed by atoms with van der Waals surface area (Å²) in [5.74, 6) is 0.0679. The number of benzene rings is 3. The first-order chi connectivity index (χ1) is 12.8. The molecule has 0 aliphatic rings. The van der Waals surface area contributed by atoms with E-state index in [-0.39, 0.29) is 10.6 Å². The lowest BCUT2D eigenvalue weighted by molar-refractivity contribution is 0.397. The van der Waals surface area contributed by atoms with Crippen molar-refractivity contribution in [2.75, 3.05) is 7.11 Å². The average molecular weight is 402 g/mol. The van der Waals surface area contributed by atoms with Gasteiger partial charge in [0, 0.05) is 9.79 Å². The highest BCUT2D eigenvalue weighted by Gasteiger charge is 2.17. The van der Waals surface area contributed by atoms with Gasteiger partial charge in [0.15, 0.2) is 0 Å². The fraction of sp³-hybridized carbons (Fsp3) is 0.100. The van der Waals surface area contributed by atoms with Crippen molar-refractivity contribution in [3.8, 4) is 16.9 Å². The maximum absolute atomic E-state index is 12.7. The summed E-state index contributed by atoms with van der Waals surface area (Å²) in [7, 11) is -4.38. The summed E-state index contributed by atoms with van der Waals surface area (Å²) in [4.78, 5) is 1.06. The van der Waals surface area contributed by atoms with Crippen molar-refractivity contribution in [2.45, 2.75) is 21.6 Å². The lowest BCUT2D eigenvalue weighted by Crippen LogP contribution is -2.01. The van der Waals surface area contributed by atoms with Crippen LogP contribution in [0.5, 0.6) is 5.75 Å². The Morgan fingerprint density at radius 1 is 0.852 bits per heavy atom. The summed E-state index contributed by atoms with van der Waals surface area (Å²) < 4.78 is 50.1. The summed E-state index contributed by atoms with van der Waals surface area (Å²) in [6.07, 6.45) is 0. The van der Waals surface area contributed by atoms with Crippen molar-refractivity contribution < 1.29 is 21.9 Å². The minimum Gasteiger partial charge on any atom is -0.495 e. The van der Waals surface area contributed by atoms with Gasteiger partial charge in [-0.1, -0.05) is 35.9 Å². The third-order valence-corrected chi connectivity index (χ3v) is 6.35. The summed E-state index contributed by atoms with van der Waals surface area (Å²) in [6, 6.07) is 19.0. The number of rotatable bonds is 5. The molecule has 0 saturated heterocycles. The van der Waals surface area contributed by atoms with Crippen LogP contribution in [0.2, 0.25) is 0 Å². The van der Waals surface area contributed by atoms with E-state index in [9.17, 15) is 17.2 Å². The zero-order valence-corrected chi connectivity index (χ0v) is 16.4. The molecule has 0 aliphatic carbocycles. The molecule has 140 valence electrons. The van der Waals surface area contributed by atoms with Gasteiger partial charge >= 0.3 is 0 Å². The number of methoxy groups -OCH3 is 1. The maximum atomic E-state index is 12.7. The Bertz CT molecular complexity index is 1090. The molecule has 0 radical (unpaired) electrons. The van der Waals surface area contributed by atoms with Crippen LogP contribution in [-0.2, 0) is 20.9 Å². The van der Waals surface area contributed by atoms with Gasteiger partial charge in [0.1, 0.15) is 10.6 Å². The minimum atomic E-state index is -4.41. The predicted octanol–water partition coefficient (Wildman–Crippen LogP) is 4.08. The van der Waals surface area contributed by atoms with E-state index in [4.69, 9.17) is 4.74 Å². The Morgan fingerprint density at radius 2 is 1.37 bits per heavy atom. The van der Waals surface area contributed by atoms with E-state index in [0.29, 0.717) is 15.4 Å². The first kappa shape index (κ1) is 19.3. The van der Waals surface area contributed by atoms with Gasteiger partial charge in [-0.05, 0) is 54.4 Å². The van der Waals surface area contributed by atoms with E-state index in [1.165, 1.54) is 19.2 Å². The average Bonchev–Trinajstić information content (AvgIpc) is 2.67. The molecule has 1 atom stereocenters. The molecule has 0 aliphatic heterocycles. The summed E-state index contributed by atoms with van der Waals surface area (Å²) in [5, 5.41) is 0. The molecule has 3 aromatic carbocycles. The molecule has 0 saturated carbocycles. The van der Waals surface area contributed by atoms with Gasteiger partial charge in [0.2, 0.25) is 0 Å². The van der Waals surface area contributed by atoms with Gasteiger partial charge in [-0.3, -0.25) is 4.55 Å². The Balaban J connectivity index is 1.94. The summed E-state index contributed by atoms with van der Waals surface area (Å²) in [5.41, 5.74) is 2.42. The van der Waals surface area contributed by atoms with Crippen LogP contribution in [0.1, 0.15) is 5.56 Å². The molecule has 0 amide bonds. The molecule has 3 rings (SSSR count). The molecule has 0 bridgehead atoms. The molecule has 0 heterocycles. The number of ether oxygens (including phenoxy) is 1. The van der Waals surface area contributed by atoms with Crippen LogP contribution in [0.15, 0.2) is 81.4 Å². The van der Waals surface area contributed by atoms with E-state index in [2.05, 4.69) is 0 Å². The van der Waals surface area contributed by atoms with Crippen LogP contribution in [0.3, 0.4) is 0 Å². The minimum absolute atomic E-state index is 0.0679. The smallest absolute Gasteiger partial charge is 0.298 e. The van der Waals surface area contributed by atoms with E-state index in [1.807, 2.05) is 31.2 Å². The molecular formula is C20H18O5S2. The van der Waals surface area contributed by atoms with Crippen molar-refractivity contribution in [2.24, 2.45) is 0 Å². The molecule has 0 fully saturated rings. The number of hydrogen-bond donors (Lipinski definition) is 1. The van der Waals surface area contributed by atoms with Crippen LogP contribution in [0.25, 0.3) is 11.1 Å². The molecule has 1 N–H and O–H groups in total. The quantitative estimate of drug-likeness (QED) is 0.650. The van der Waals surface area contributed by atoms with E-state index in [1.54, 1.807) is 30.3 Å². The third kappa shape index (κ3) is 4.27. The highest BCUT2D eigenvalue weighted by molar-refractivity contribution is 7.86. The van der Waals surface area contributed by atoms with Gasteiger partial charge in [-0.15, -0.1) is 0 Å². The van der Waals surface area contributed by atoms with Crippen LogP contribution in [0, 0.1) is 6.92 Å². The maximum Gasteiger partial charge on any atom is 0.298 e. The van der Waals surface area contributed by atoms with Crippen LogP contribution in [-0.4, -0.2) is 24.3 Å². The van der Waals surface area contributed by atoms with Crippen molar-refractivity contribution >= 4 is 20.9 Å². The highest BCUT2D eigenvalue weighted by Crippen LogP contribution is 2.30. The molecule has 27 heavy (non-hydrogen) atoms. The first-order valence-electron chi connectivity index (χ1n) is 8.04. The van der Waals surface area contributed by atoms with Crippen LogP contribution in [0.4, 0.5) is 0 Å². The fourth-order valence-corrected chi connectivity index (χ4v) is 4.35. The Kier molecular flexibility index (Phi) is 5.46. The highest BCUT2D eigenvalue weighted by atomic mass is 32.2. The van der Waals surface area contributed by atoms with Gasteiger partial charge in [-0.2, -0.15) is 8.42 Å². The third-order valence-electron chi connectivity index (χ3n) is 4.08. The standard InChI is InChI=1S/C20H18O5S2/c1-14-3-8-17(9-4-14)26(21)18-10-5-15(6-11-18)16-7-12-19(25-2)20(13-16)27(22,23)24/h3-13H,1-2H3,(H,22,23,24). The second kappa shape index (κ2) is 7.64. The normalized spacial score (nSPS) is 12.6. The zero-order chi connectivity index (χ0) is 19.6. The summed E-state index contributed by atoms with van der Waals surface area (Å²) in [6.45, 7) is 1.97. The largest absolute Gasteiger partial charge is 0.495 e. The summed E-state index contributed by atoms with van der Waals surface area (Å²) >= 11 is 0. The molecule has 3 aromatic rings. The van der Waals surface area contributed by atoms with Gasteiger partial charge < -0.3 is 4.74 Å². The van der Waals surface area contributed by atoms with Gasteiger partial charge in [0.05, 0.1) is 17.9 Å². The first-order valence-corrected chi connectivity index (χ1v) is 10.6. The second-order valence-corrected chi connectivity index (χ2v) is 8.82. The SMILES string of the molecule is COc1ccc(-c2ccc(S(=O)c3ccc(C)cc3)cc2)cc1S(=O)(=O)O. The fourth-order valence-electron chi connectivity index (χ4n) is 2.63. The Labute approximate surface area is 160 Å². The van der Waals surface area contributed by atoms with Crippen molar-refractivity contribution in [1.82, 2.24) is 0 Å². The van der Waals surface area contributed by atoms with Crippen molar-refractivity contribution in [3.05, 3.63) is 72.3 Å². The lowest BCUT2D eigenvalue weighted by atomic mass is 10.1.